The lowest BCUT2D eigenvalue weighted by atomic mass is 10.1. The molecule has 0 saturated heterocycles. The number of rotatable bonds is 3. The maximum atomic E-state index is 10.9. The summed E-state index contributed by atoms with van der Waals surface area (Å²) in [4.78, 5) is 12.9. The Balaban J connectivity index is 3.22. The standard InChI is InChI=1S/C9H11BrO3S/c1-4-6(7(10)5(2)14-4)8(13-3)9(11)12/h8H,1-3H3,(H,11,12). The van der Waals surface area contributed by atoms with E-state index < -0.39 is 12.1 Å². The molecular formula is C9H11BrO3S. The van der Waals surface area contributed by atoms with Gasteiger partial charge in [0.05, 0.1) is 0 Å². The zero-order valence-electron chi connectivity index (χ0n) is 8.13. The first-order chi connectivity index (χ1) is 6.49. The molecule has 0 radical (unpaired) electrons. The van der Waals surface area contributed by atoms with Crippen LogP contribution in [0.15, 0.2) is 4.47 Å². The lowest BCUT2D eigenvalue weighted by molar-refractivity contribution is -0.148. The van der Waals surface area contributed by atoms with E-state index in [-0.39, 0.29) is 0 Å². The Morgan fingerprint density at radius 2 is 2.07 bits per heavy atom. The lowest BCUT2D eigenvalue weighted by Crippen LogP contribution is -2.14. The predicted molar refractivity (Wildman–Crippen MR) is 58.9 cm³/mol. The van der Waals surface area contributed by atoms with Crippen molar-refractivity contribution < 1.29 is 14.6 Å². The fraction of sp³-hybridized carbons (Fsp3) is 0.444. The minimum absolute atomic E-state index is 0.725. The second-order valence-corrected chi connectivity index (χ2v) is 5.12. The number of ether oxygens (including phenoxy) is 1. The number of hydrogen-bond acceptors (Lipinski definition) is 3. The molecule has 3 nitrogen and oxygen atoms in total. The summed E-state index contributed by atoms with van der Waals surface area (Å²) < 4.78 is 5.79. The van der Waals surface area contributed by atoms with Gasteiger partial charge in [-0.15, -0.1) is 11.3 Å². The van der Waals surface area contributed by atoms with Crippen LogP contribution < -0.4 is 0 Å². The van der Waals surface area contributed by atoms with Crippen molar-refractivity contribution in [3.63, 3.8) is 0 Å². The van der Waals surface area contributed by atoms with Gasteiger partial charge in [-0.25, -0.2) is 4.79 Å². The number of carbonyl (C=O) groups is 1. The third kappa shape index (κ3) is 1.99. The van der Waals surface area contributed by atoms with Crippen LogP contribution in [0.2, 0.25) is 0 Å². The van der Waals surface area contributed by atoms with Gasteiger partial charge in [-0.2, -0.15) is 0 Å². The molecule has 1 atom stereocenters. The fourth-order valence-corrected chi connectivity index (χ4v) is 3.17. The van der Waals surface area contributed by atoms with E-state index in [0.717, 1.165) is 19.8 Å². The zero-order valence-corrected chi connectivity index (χ0v) is 10.5. The van der Waals surface area contributed by atoms with Gasteiger partial charge in [0.15, 0.2) is 6.10 Å². The van der Waals surface area contributed by atoms with Gasteiger partial charge in [0, 0.05) is 26.9 Å². The molecule has 0 aliphatic carbocycles. The van der Waals surface area contributed by atoms with Crippen molar-refractivity contribution in [2.24, 2.45) is 0 Å². The van der Waals surface area contributed by atoms with E-state index in [4.69, 9.17) is 9.84 Å². The first-order valence-corrected chi connectivity index (χ1v) is 5.61. The first-order valence-electron chi connectivity index (χ1n) is 4.00. The quantitative estimate of drug-likeness (QED) is 0.925. The van der Waals surface area contributed by atoms with Gasteiger partial charge in [-0.3, -0.25) is 0 Å². The molecule has 14 heavy (non-hydrogen) atoms. The molecule has 1 heterocycles. The summed E-state index contributed by atoms with van der Waals surface area (Å²) in [6.45, 7) is 3.84. The average molecular weight is 279 g/mol. The van der Waals surface area contributed by atoms with Gasteiger partial charge in [0.2, 0.25) is 0 Å². The normalized spacial score (nSPS) is 12.9. The second kappa shape index (κ2) is 4.42. The van der Waals surface area contributed by atoms with Crippen LogP contribution in [-0.4, -0.2) is 18.2 Å². The molecule has 0 amide bonds. The number of aliphatic carboxylic acids is 1. The highest BCUT2D eigenvalue weighted by atomic mass is 79.9. The van der Waals surface area contributed by atoms with E-state index in [2.05, 4.69) is 15.9 Å². The Labute approximate surface area is 94.8 Å². The molecular weight excluding hydrogens is 268 g/mol. The van der Waals surface area contributed by atoms with Gasteiger partial charge in [-0.05, 0) is 29.8 Å². The molecule has 1 unspecified atom stereocenters. The van der Waals surface area contributed by atoms with E-state index in [1.807, 2.05) is 13.8 Å². The van der Waals surface area contributed by atoms with Crippen LogP contribution in [0.25, 0.3) is 0 Å². The van der Waals surface area contributed by atoms with Crippen molar-refractivity contribution in [3.05, 3.63) is 19.8 Å². The molecule has 1 aromatic heterocycles. The van der Waals surface area contributed by atoms with Crippen molar-refractivity contribution >= 4 is 33.2 Å². The predicted octanol–water partition coefficient (Wildman–Crippen LogP) is 2.90. The molecule has 0 spiro atoms. The summed E-state index contributed by atoms with van der Waals surface area (Å²) in [5.41, 5.74) is 0.725. The number of hydrogen-bond donors (Lipinski definition) is 1. The molecule has 0 aromatic carbocycles. The Hall–Kier alpha value is -0.390. The average Bonchev–Trinajstić information content (AvgIpc) is 2.32. The number of carboxylic acid groups (broad SMARTS) is 1. The third-order valence-corrected chi connectivity index (χ3v) is 4.27. The van der Waals surface area contributed by atoms with E-state index in [0.29, 0.717) is 0 Å². The molecule has 1 aromatic rings. The molecule has 78 valence electrons. The van der Waals surface area contributed by atoms with Crippen molar-refractivity contribution in [2.75, 3.05) is 7.11 Å². The minimum atomic E-state index is -0.964. The molecule has 5 heteroatoms. The van der Waals surface area contributed by atoms with E-state index in [9.17, 15) is 4.79 Å². The molecule has 0 aliphatic rings. The van der Waals surface area contributed by atoms with Gasteiger partial charge in [0.1, 0.15) is 0 Å². The number of aryl methyl sites for hydroxylation is 2. The van der Waals surface area contributed by atoms with E-state index in [1.54, 1.807) is 11.3 Å². The van der Waals surface area contributed by atoms with Gasteiger partial charge in [0.25, 0.3) is 0 Å². The van der Waals surface area contributed by atoms with Crippen LogP contribution in [0.4, 0.5) is 0 Å². The zero-order chi connectivity index (χ0) is 10.9. The number of halogens is 1. The second-order valence-electron chi connectivity index (χ2n) is 2.90. The molecule has 1 N–H and O–H groups in total. The van der Waals surface area contributed by atoms with Gasteiger partial charge in [-0.1, -0.05) is 0 Å². The Morgan fingerprint density at radius 3 is 2.36 bits per heavy atom. The van der Waals surface area contributed by atoms with Crippen molar-refractivity contribution in [1.82, 2.24) is 0 Å². The summed E-state index contributed by atoms with van der Waals surface area (Å²) in [6.07, 6.45) is -0.880. The summed E-state index contributed by atoms with van der Waals surface area (Å²) in [6, 6.07) is 0. The molecule has 0 saturated carbocycles. The molecule has 1 rings (SSSR count). The Kier molecular flexibility index (Phi) is 3.69. The highest BCUT2D eigenvalue weighted by Crippen LogP contribution is 2.37. The van der Waals surface area contributed by atoms with Crippen LogP contribution >= 0.6 is 27.3 Å². The number of thiophene rings is 1. The maximum absolute atomic E-state index is 10.9. The van der Waals surface area contributed by atoms with E-state index >= 15 is 0 Å². The summed E-state index contributed by atoms with van der Waals surface area (Å²) in [5, 5.41) is 8.94. The summed E-state index contributed by atoms with van der Waals surface area (Å²) >= 11 is 4.94. The number of methoxy groups -OCH3 is 1. The smallest absolute Gasteiger partial charge is 0.337 e. The van der Waals surface area contributed by atoms with Crippen LogP contribution in [0, 0.1) is 13.8 Å². The highest BCUT2D eigenvalue weighted by molar-refractivity contribution is 9.10. The van der Waals surface area contributed by atoms with Crippen molar-refractivity contribution in [2.45, 2.75) is 20.0 Å². The largest absolute Gasteiger partial charge is 0.479 e. The number of carboxylic acids is 1. The van der Waals surface area contributed by atoms with Crippen LogP contribution in [0.5, 0.6) is 0 Å². The summed E-state index contributed by atoms with van der Waals surface area (Å²) in [5.74, 6) is -0.964. The summed E-state index contributed by atoms with van der Waals surface area (Å²) in [7, 11) is 1.40. The topological polar surface area (TPSA) is 46.5 Å². The first kappa shape index (κ1) is 11.7. The monoisotopic (exact) mass is 278 g/mol. The SMILES string of the molecule is COC(C(=O)O)c1c(C)sc(C)c1Br. The molecule has 0 fully saturated rings. The Bertz CT molecular complexity index is 359. The fourth-order valence-electron chi connectivity index (χ4n) is 1.32. The van der Waals surface area contributed by atoms with Crippen molar-refractivity contribution in [3.8, 4) is 0 Å². The third-order valence-electron chi connectivity index (χ3n) is 1.95. The van der Waals surface area contributed by atoms with Crippen LogP contribution in [-0.2, 0) is 9.53 Å². The lowest BCUT2D eigenvalue weighted by Gasteiger charge is -2.10. The van der Waals surface area contributed by atoms with Crippen LogP contribution in [0.3, 0.4) is 0 Å². The van der Waals surface area contributed by atoms with Gasteiger partial charge >= 0.3 is 5.97 Å². The van der Waals surface area contributed by atoms with E-state index in [1.165, 1.54) is 7.11 Å². The highest BCUT2D eigenvalue weighted by Gasteiger charge is 2.26. The molecule has 0 aliphatic heterocycles. The minimum Gasteiger partial charge on any atom is -0.479 e. The molecule has 0 bridgehead atoms. The Morgan fingerprint density at radius 1 is 1.50 bits per heavy atom. The maximum Gasteiger partial charge on any atom is 0.337 e. The van der Waals surface area contributed by atoms with Crippen LogP contribution in [0.1, 0.15) is 21.4 Å². The van der Waals surface area contributed by atoms with Gasteiger partial charge < -0.3 is 9.84 Å². The van der Waals surface area contributed by atoms with Crippen molar-refractivity contribution in [1.29, 1.82) is 0 Å².